The van der Waals surface area contributed by atoms with Crippen molar-refractivity contribution in [3.8, 4) is 11.8 Å². The van der Waals surface area contributed by atoms with Crippen molar-refractivity contribution in [2.24, 2.45) is 5.73 Å². The summed E-state index contributed by atoms with van der Waals surface area (Å²) in [5.41, 5.74) is 8.03. The molecule has 2 aromatic carbocycles. The second kappa shape index (κ2) is 11.5. The SMILES string of the molecule is C=CC(=O)Nc1cc(OC)ccc1Nc1nc(Nc2ccc(N3CCC[C@H]3C(N)=O)cc2C#N)ncc1Cl. The molecule has 1 aliphatic heterocycles. The maximum absolute atomic E-state index is 11.9. The second-order valence-electron chi connectivity index (χ2n) is 8.34. The number of methoxy groups -OCH3 is 1. The summed E-state index contributed by atoms with van der Waals surface area (Å²) in [6.45, 7) is 4.15. The number of hydrogen-bond donors (Lipinski definition) is 4. The number of primary amides is 1. The van der Waals surface area contributed by atoms with Gasteiger partial charge in [-0.2, -0.15) is 10.2 Å². The molecule has 0 saturated carbocycles. The van der Waals surface area contributed by atoms with Crippen molar-refractivity contribution in [1.29, 1.82) is 5.26 Å². The quantitative estimate of drug-likeness (QED) is 0.298. The van der Waals surface area contributed by atoms with E-state index >= 15 is 0 Å². The first kappa shape index (κ1) is 26.2. The maximum atomic E-state index is 11.9. The molecule has 0 unspecified atom stereocenters. The highest BCUT2D eigenvalue weighted by atomic mass is 35.5. The molecule has 1 atom stereocenters. The van der Waals surface area contributed by atoms with Gasteiger partial charge >= 0.3 is 0 Å². The van der Waals surface area contributed by atoms with Gasteiger partial charge in [-0.15, -0.1) is 0 Å². The molecule has 0 aliphatic carbocycles. The van der Waals surface area contributed by atoms with Gasteiger partial charge in [-0.1, -0.05) is 18.2 Å². The average Bonchev–Trinajstić information content (AvgIpc) is 3.42. The van der Waals surface area contributed by atoms with E-state index in [0.717, 1.165) is 18.2 Å². The Morgan fingerprint density at radius 3 is 2.74 bits per heavy atom. The predicted octanol–water partition coefficient (Wildman–Crippen LogP) is 4.08. The zero-order valence-corrected chi connectivity index (χ0v) is 21.2. The lowest BCUT2D eigenvalue weighted by Crippen LogP contribution is -2.40. The van der Waals surface area contributed by atoms with E-state index in [9.17, 15) is 14.9 Å². The fourth-order valence-corrected chi connectivity index (χ4v) is 4.23. The Bertz CT molecular complexity index is 1440. The molecule has 1 aliphatic rings. The van der Waals surface area contributed by atoms with Gasteiger partial charge < -0.3 is 31.3 Å². The highest BCUT2D eigenvalue weighted by Gasteiger charge is 2.29. The van der Waals surface area contributed by atoms with Crippen LogP contribution in [-0.4, -0.2) is 41.5 Å². The number of carbonyl (C=O) groups excluding carboxylic acids is 2. The van der Waals surface area contributed by atoms with Gasteiger partial charge in [-0.05, 0) is 49.2 Å². The first-order valence-electron chi connectivity index (χ1n) is 11.6. The minimum absolute atomic E-state index is 0.183. The molecule has 4 rings (SSSR count). The Kier molecular flexibility index (Phi) is 7.94. The summed E-state index contributed by atoms with van der Waals surface area (Å²) in [6.07, 6.45) is 4.08. The number of carbonyl (C=O) groups is 2. The van der Waals surface area contributed by atoms with Crippen LogP contribution in [0.3, 0.4) is 0 Å². The van der Waals surface area contributed by atoms with Crippen LogP contribution in [-0.2, 0) is 9.59 Å². The highest BCUT2D eigenvalue weighted by Crippen LogP contribution is 2.33. The van der Waals surface area contributed by atoms with Crippen molar-refractivity contribution in [2.45, 2.75) is 18.9 Å². The number of rotatable bonds is 9. The van der Waals surface area contributed by atoms with Crippen LogP contribution in [0.5, 0.6) is 5.75 Å². The lowest BCUT2D eigenvalue weighted by atomic mass is 10.1. The number of aromatic nitrogens is 2. The van der Waals surface area contributed by atoms with Crippen LogP contribution in [0.1, 0.15) is 18.4 Å². The van der Waals surface area contributed by atoms with Crippen LogP contribution in [0, 0.1) is 11.3 Å². The molecular weight excluding hydrogens is 508 g/mol. The molecular formula is C26H25ClN8O3. The second-order valence-corrected chi connectivity index (χ2v) is 8.75. The first-order chi connectivity index (χ1) is 18.3. The monoisotopic (exact) mass is 532 g/mol. The number of halogens is 1. The topological polar surface area (TPSA) is 158 Å². The highest BCUT2D eigenvalue weighted by molar-refractivity contribution is 6.33. The Morgan fingerprint density at radius 2 is 2.03 bits per heavy atom. The standard InChI is InChI=1S/C26H25ClN8O3/c1-3-23(36)31-21-12-17(38-2)7-9-20(21)32-25-18(27)14-30-26(34-25)33-19-8-6-16(11-15(19)13-28)35-10-4-5-22(35)24(29)37/h3,6-9,11-12,14,22H,1,4-5,10H2,2H3,(H2,29,37)(H,31,36)(H2,30,32,33,34)/t22-/m0/s1. The smallest absolute Gasteiger partial charge is 0.247 e. The molecule has 38 heavy (non-hydrogen) atoms. The first-order valence-corrected chi connectivity index (χ1v) is 12.0. The summed E-state index contributed by atoms with van der Waals surface area (Å²) in [7, 11) is 1.52. The molecule has 0 bridgehead atoms. The Morgan fingerprint density at radius 1 is 1.24 bits per heavy atom. The van der Waals surface area contributed by atoms with Crippen LogP contribution in [0.15, 0.2) is 55.3 Å². The number of anilines is 6. The van der Waals surface area contributed by atoms with Crippen molar-refractivity contribution in [3.63, 3.8) is 0 Å². The fourth-order valence-electron chi connectivity index (χ4n) is 4.09. The van der Waals surface area contributed by atoms with Crippen molar-refractivity contribution in [1.82, 2.24) is 9.97 Å². The number of amides is 2. The van der Waals surface area contributed by atoms with Gasteiger partial charge in [0.2, 0.25) is 17.8 Å². The number of nitrogens with two attached hydrogens (primary N) is 1. The third-order valence-electron chi connectivity index (χ3n) is 5.95. The van der Waals surface area contributed by atoms with Gasteiger partial charge in [0.25, 0.3) is 0 Å². The Balaban J connectivity index is 1.59. The molecule has 194 valence electrons. The molecule has 1 fully saturated rings. The zero-order chi connectivity index (χ0) is 27.2. The summed E-state index contributed by atoms with van der Waals surface area (Å²) >= 11 is 6.35. The van der Waals surface area contributed by atoms with Crippen LogP contribution in [0.4, 0.5) is 34.5 Å². The summed E-state index contributed by atoms with van der Waals surface area (Å²) in [4.78, 5) is 34.3. The molecule has 2 heterocycles. The van der Waals surface area contributed by atoms with Gasteiger partial charge in [0.1, 0.15) is 22.9 Å². The van der Waals surface area contributed by atoms with E-state index in [4.69, 9.17) is 22.1 Å². The largest absolute Gasteiger partial charge is 0.497 e. The molecule has 3 aromatic rings. The molecule has 2 amide bonds. The van der Waals surface area contributed by atoms with E-state index in [1.807, 2.05) is 11.0 Å². The van der Waals surface area contributed by atoms with E-state index in [0.29, 0.717) is 41.3 Å². The molecule has 12 heteroatoms. The number of nitrogens with zero attached hydrogens (tertiary/aromatic N) is 4. The molecule has 1 aromatic heterocycles. The summed E-state index contributed by atoms with van der Waals surface area (Å²) in [5.74, 6) is 0.194. The summed E-state index contributed by atoms with van der Waals surface area (Å²) in [5, 5.41) is 18.9. The average molecular weight is 533 g/mol. The van der Waals surface area contributed by atoms with Crippen LogP contribution < -0.4 is 31.3 Å². The zero-order valence-electron chi connectivity index (χ0n) is 20.5. The van der Waals surface area contributed by atoms with Crippen LogP contribution in [0.25, 0.3) is 0 Å². The number of hydrogen-bond acceptors (Lipinski definition) is 9. The molecule has 0 spiro atoms. The van der Waals surface area contributed by atoms with Gasteiger partial charge in [-0.3, -0.25) is 9.59 Å². The summed E-state index contributed by atoms with van der Waals surface area (Å²) < 4.78 is 5.25. The van der Waals surface area contributed by atoms with Gasteiger partial charge in [-0.25, -0.2) is 4.98 Å². The maximum Gasteiger partial charge on any atom is 0.247 e. The van der Waals surface area contributed by atoms with Crippen LogP contribution in [0.2, 0.25) is 5.02 Å². The number of ether oxygens (including phenoxy) is 1. The third-order valence-corrected chi connectivity index (χ3v) is 6.23. The molecule has 1 saturated heterocycles. The third kappa shape index (κ3) is 5.77. The number of nitriles is 1. The fraction of sp³-hybridized carbons (Fsp3) is 0.192. The van der Waals surface area contributed by atoms with E-state index in [2.05, 4.69) is 38.6 Å². The Labute approximate surface area is 224 Å². The Hall–Kier alpha value is -4.82. The number of benzene rings is 2. The molecule has 0 radical (unpaired) electrons. The van der Waals surface area contributed by atoms with Crippen molar-refractivity contribution >= 4 is 57.9 Å². The van der Waals surface area contributed by atoms with Crippen molar-refractivity contribution < 1.29 is 14.3 Å². The van der Waals surface area contributed by atoms with Gasteiger partial charge in [0.15, 0.2) is 5.82 Å². The van der Waals surface area contributed by atoms with Crippen molar-refractivity contribution in [2.75, 3.05) is 34.5 Å². The summed E-state index contributed by atoms with van der Waals surface area (Å²) in [6, 6.07) is 12.1. The minimum atomic E-state index is -0.402. The predicted molar refractivity (Wildman–Crippen MR) is 146 cm³/mol. The lowest BCUT2D eigenvalue weighted by molar-refractivity contribution is -0.119. The lowest BCUT2D eigenvalue weighted by Gasteiger charge is -2.25. The van der Waals surface area contributed by atoms with Crippen LogP contribution >= 0.6 is 11.6 Å². The van der Waals surface area contributed by atoms with E-state index in [-0.39, 0.29) is 22.7 Å². The minimum Gasteiger partial charge on any atom is -0.497 e. The normalized spacial score (nSPS) is 14.3. The van der Waals surface area contributed by atoms with E-state index < -0.39 is 11.9 Å². The van der Waals surface area contributed by atoms with Gasteiger partial charge in [0.05, 0.1) is 35.9 Å². The van der Waals surface area contributed by atoms with E-state index in [1.54, 1.807) is 30.3 Å². The molecule has 11 nitrogen and oxygen atoms in total. The number of nitrogens with one attached hydrogen (secondary N) is 3. The van der Waals surface area contributed by atoms with Gasteiger partial charge in [0, 0.05) is 18.3 Å². The van der Waals surface area contributed by atoms with E-state index in [1.165, 1.54) is 13.3 Å². The molecule has 5 N–H and O–H groups in total. The van der Waals surface area contributed by atoms with Crippen molar-refractivity contribution in [3.05, 3.63) is 65.8 Å².